The summed E-state index contributed by atoms with van der Waals surface area (Å²) in [7, 11) is 0. The van der Waals surface area contributed by atoms with Crippen molar-refractivity contribution in [3.63, 3.8) is 0 Å². The second kappa shape index (κ2) is 6.05. The maximum atomic E-state index is 9.78. The predicted octanol–water partition coefficient (Wildman–Crippen LogP) is 0.0727. The first-order valence-corrected chi connectivity index (χ1v) is 1.62. The standard InChI is InChI=1S/C4H5O2.Ti/c1-4(6)2-3-5;/h2H2,1H3;/q-1;. The summed E-state index contributed by atoms with van der Waals surface area (Å²) in [5.41, 5.74) is 0. The first-order valence-electron chi connectivity index (χ1n) is 1.62. The molecule has 0 fully saturated rings. The summed E-state index contributed by atoms with van der Waals surface area (Å²) in [5.74, 6) is -0.134. The Balaban J connectivity index is 0. The monoisotopic (exact) mass is 133 g/mol. The van der Waals surface area contributed by atoms with Crippen molar-refractivity contribution in [1.29, 1.82) is 0 Å². The van der Waals surface area contributed by atoms with Gasteiger partial charge in [-0.25, -0.2) is 0 Å². The fourth-order valence-corrected chi connectivity index (χ4v) is 0.102. The van der Waals surface area contributed by atoms with Gasteiger partial charge >= 0.3 is 0 Å². The molecule has 0 aromatic carbocycles. The molecule has 0 heterocycles. The third-order valence-electron chi connectivity index (χ3n) is 0.321. The number of hydrogen-bond donors (Lipinski definition) is 0. The first-order chi connectivity index (χ1) is 2.77. The number of rotatable bonds is 2. The Kier molecular flexibility index (Phi) is 8.75. The molecule has 0 N–H and O–H groups in total. The Bertz CT molecular complexity index is 70.1. The van der Waals surface area contributed by atoms with Gasteiger partial charge in [-0.1, -0.05) is 6.42 Å². The van der Waals surface area contributed by atoms with E-state index in [4.69, 9.17) is 0 Å². The quantitative estimate of drug-likeness (QED) is 0.303. The number of ketones is 1. The molecule has 0 unspecified atom stereocenters. The zero-order valence-corrected chi connectivity index (χ0v) is 5.59. The fourth-order valence-electron chi connectivity index (χ4n) is 0.102. The van der Waals surface area contributed by atoms with Gasteiger partial charge in [-0.15, -0.1) is 0 Å². The summed E-state index contributed by atoms with van der Waals surface area (Å²) < 4.78 is 0. The normalized spacial score (nSPS) is 6.43. The molecule has 0 aliphatic heterocycles. The van der Waals surface area contributed by atoms with Crippen molar-refractivity contribution in [1.82, 2.24) is 0 Å². The number of carbonyl (C=O) groups excluding carboxylic acids is 2. The molecule has 0 aromatic rings. The van der Waals surface area contributed by atoms with Crippen molar-refractivity contribution in [2.24, 2.45) is 0 Å². The number of carbonyl (C=O) groups is 1. The van der Waals surface area contributed by atoms with Crippen molar-refractivity contribution in [3.8, 4) is 0 Å². The molecule has 0 atom stereocenters. The fraction of sp³-hybridized carbons (Fsp3) is 0.500. The molecule has 7 heavy (non-hydrogen) atoms. The third-order valence-corrected chi connectivity index (χ3v) is 0.321. The van der Waals surface area contributed by atoms with Crippen LogP contribution in [0.3, 0.4) is 0 Å². The maximum absolute atomic E-state index is 9.78. The van der Waals surface area contributed by atoms with Gasteiger partial charge < -0.3 is 9.59 Å². The van der Waals surface area contributed by atoms with Gasteiger partial charge in [-0.2, -0.15) is 0 Å². The van der Waals surface area contributed by atoms with Gasteiger partial charge in [0.1, 0.15) is 5.78 Å². The molecule has 38 valence electrons. The van der Waals surface area contributed by atoms with Crippen molar-refractivity contribution in [3.05, 3.63) is 0 Å². The molecule has 0 aliphatic rings. The Morgan fingerprint density at radius 2 is 2.14 bits per heavy atom. The predicted molar refractivity (Wildman–Crippen MR) is 21.0 cm³/mol. The number of hydrogen-bond acceptors (Lipinski definition) is 2. The van der Waals surface area contributed by atoms with E-state index < -0.39 is 0 Å². The Morgan fingerprint density at radius 3 is 2.14 bits per heavy atom. The first kappa shape index (κ1) is 10.1. The van der Waals surface area contributed by atoms with Crippen molar-refractivity contribution in [2.75, 3.05) is 0 Å². The zero-order valence-electron chi connectivity index (χ0n) is 4.02. The van der Waals surface area contributed by atoms with Crippen LogP contribution >= 0.6 is 0 Å². The van der Waals surface area contributed by atoms with Crippen LogP contribution in [0.1, 0.15) is 13.3 Å². The molecule has 3 heteroatoms. The zero-order chi connectivity index (χ0) is 4.99. The molecule has 0 amide bonds. The summed E-state index contributed by atoms with van der Waals surface area (Å²) in [6, 6.07) is 0. The van der Waals surface area contributed by atoms with Crippen molar-refractivity contribution >= 4 is 12.1 Å². The van der Waals surface area contributed by atoms with Crippen LogP contribution in [0.4, 0.5) is 0 Å². The average molecular weight is 133 g/mol. The molecule has 0 aromatic heterocycles. The molecule has 0 saturated carbocycles. The molecule has 0 rings (SSSR count). The summed E-state index contributed by atoms with van der Waals surface area (Å²) in [4.78, 5) is 19.1. The van der Waals surface area contributed by atoms with Gasteiger partial charge in [-0.05, 0) is 6.92 Å². The second-order valence-electron chi connectivity index (χ2n) is 1.02. The van der Waals surface area contributed by atoms with E-state index in [-0.39, 0.29) is 33.9 Å². The molecule has 0 aliphatic carbocycles. The minimum absolute atomic E-state index is 0. The average Bonchev–Trinajstić information content (AvgIpc) is 1.35. The van der Waals surface area contributed by atoms with Gasteiger partial charge in [0, 0.05) is 21.7 Å². The Hall–Kier alpha value is 0.0543. The van der Waals surface area contributed by atoms with E-state index in [2.05, 4.69) is 0 Å². The van der Waals surface area contributed by atoms with Crippen LogP contribution in [-0.4, -0.2) is 12.1 Å². The van der Waals surface area contributed by atoms with Crippen LogP contribution in [0.2, 0.25) is 0 Å². The molecular weight excluding hydrogens is 128 g/mol. The summed E-state index contributed by atoms with van der Waals surface area (Å²) in [6.45, 7) is 1.35. The van der Waals surface area contributed by atoms with Crippen LogP contribution < -0.4 is 0 Å². The summed E-state index contributed by atoms with van der Waals surface area (Å²) in [5, 5.41) is 0. The summed E-state index contributed by atoms with van der Waals surface area (Å²) in [6.07, 6.45) is 1.40. The molecule has 0 saturated heterocycles. The molecule has 0 spiro atoms. The minimum Gasteiger partial charge on any atom is -0.541 e. The van der Waals surface area contributed by atoms with Gasteiger partial charge in [0.15, 0.2) is 0 Å². The third kappa shape index (κ3) is 10.7. The topological polar surface area (TPSA) is 34.1 Å². The van der Waals surface area contributed by atoms with E-state index in [0.717, 1.165) is 0 Å². The van der Waals surface area contributed by atoms with Gasteiger partial charge in [0.05, 0.1) is 0 Å². The van der Waals surface area contributed by atoms with Gasteiger partial charge in [-0.3, -0.25) is 6.29 Å². The summed E-state index contributed by atoms with van der Waals surface area (Å²) >= 11 is 0. The van der Waals surface area contributed by atoms with Crippen LogP contribution in [0.25, 0.3) is 0 Å². The Labute approximate surface area is 57.2 Å². The maximum Gasteiger partial charge on any atom is 0.103 e. The van der Waals surface area contributed by atoms with Gasteiger partial charge in [0.25, 0.3) is 0 Å². The van der Waals surface area contributed by atoms with Crippen LogP contribution in [0.5, 0.6) is 0 Å². The van der Waals surface area contributed by atoms with Crippen LogP contribution in [-0.2, 0) is 31.3 Å². The van der Waals surface area contributed by atoms with Crippen molar-refractivity contribution < 1.29 is 31.3 Å². The van der Waals surface area contributed by atoms with E-state index in [1.807, 2.05) is 0 Å². The SMILES string of the molecule is CC(=O)C[C-]=O.[Ti]. The van der Waals surface area contributed by atoms with E-state index >= 15 is 0 Å². The van der Waals surface area contributed by atoms with E-state index in [0.29, 0.717) is 0 Å². The molecular formula is C4H5O2Ti-. The number of Topliss-reactive ketones (excluding diaryl/α,β-unsaturated/α-hetero) is 1. The smallest absolute Gasteiger partial charge is 0.103 e. The van der Waals surface area contributed by atoms with Gasteiger partial charge in [0.2, 0.25) is 0 Å². The molecule has 0 bridgehead atoms. The largest absolute Gasteiger partial charge is 0.541 e. The van der Waals surface area contributed by atoms with Crippen molar-refractivity contribution in [2.45, 2.75) is 13.3 Å². The van der Waals surface area contributed by atoms with E-state index in [1.165, 1.54) is 13.2 Å². The van der Waals surface area contributed by atoms with Crippen LogP contribution in [0.15, 0.2) is 0 Å². The van der Waals surface area contributed by atoms with E-state index in [1.54, 1.807) is 0 Å². The minimum atomic E-state index is -0.134. The Morgan fingerprint density at radius 1 is 1.71 bits per heavy atom. The molecule has 2 nitrogen and oxygen atoms in total. The van der Waals surface area contributed by atoms with E-state index in [9.17, 15) is 9.59 Å². The molecule has 0 radical (unpaired) electrons. The van der Waals surface area contributed by atoms with Crippen LogP contribution in [0, 0.1) is 0 Å². The second-order valence-corrected chi connectivity index (χ2v) is 1.02.